The highest BCUT2D eigenvalue weighted by Crippen LogP contribution is 2.26. The maximum absolute atomic E-state index is 10.7. The Hall–Kier alpha value is 0.240. The molecule has 7 heteroatoms. The lowest BCUT2D eigenvalue weighted by atomic mass is 9.86. The molecule has 0 amide bonds. The van der Waals surface area contributed by atoms with Gasteiger partial charge in [-0.25, -0.2) is 0 Å². The fraction of sp³-hybridized carbons (Fsp3) is 1.00. The van der Waals surface area contributed by atoms with Gasteiger partial charge in [0, 0.05) is 63.2 Å². The number of rotatable bonds is 16. The second-order valence-electron chi connectivity index (χ2n) is 13.7. The lowest BCUT2D eigenvalue weighted by molar-refractivity contribution is -0.230. The standard InChI is InChI=1S/C30H61BrN4O2/c1-24(2)9-8-10-27(23-32-22-26(31)21-25(3)11-14-30(4,5)6)34-17-19-35(20-18-34)29(36)37-28-12-15-33(7)16-13-28/h24-29,32,36H,8-23H2,1-7H3. The molecule has 4 atom stereocenters. The van der Waals surface area contributed by atoms with Gasteiger partial charge in [-0.05, 0) is 56.4 Å². The van der Waals surface area contributed by atoms with Crippen LogP contribution in [0.3, 0.4) is 0 Å². The van der Waals surface area contributed by atoms with Crippen molar-refractivity contribution in [3.63, 3.8) is 0 Å². The summed E-state index contributed by atoms with van der Waals surface area (Å²) in [5, 5.41) is 14.5. The normalized spacial score (nSPS) is 22.9. The van der Waals surface area contributed by atoms with Crippen LogP contribution in [0.5, 0.6) is 0 Å². The number of nitrogens with one attached hydrogen (secondary N) is 1. The fourth-order valence-electron chi connectivity index (χ4n) is 5.60. The van der Waals surface area contributed by atoms with Crippen LogP contribution >= 0.6 is 15.9 Å². The minimum absolute atomic E-state index is 0.186. The first-order chi connectivity index (χ1) is 17.4. The van der Waals surface area contributed by atoms with Gasteiger partial charge in [0.15, 0.2) is 0 Å². The predicted octanol–water partition coefficient (Wildman–Crippen LogP) is 5.39. The summed E-state index contributed by atoms with van der Waals surface area (Å²) in [6, 6.07) is 0.561. The summed E-state index contributed by atoms with van der Waals surface area (Å²) < 4.78 is 6.04. The highest BCUT2D eigenvalue weighted by molar-refractivity contribution is 9.09. The first-order valence-corrected chi connectivity index (χ1v) is 16.2. The minimum atomic E-state index is -0.762. The van der Waals surface area contributed by atoms with Crippen molar-refractivity contribution in [2.24, 2.45) is 17.3 Å². The number of piperidine rings is 1. The first-order valence-electron chi connectivity index (χ1n) is 15.3. The lowest BCUT2D eigenvalue weighted by Crippen LogP contribution is -2.56. The number of piperazine rings is 1. The second kappa shape index (κ2) is 17.1. The molecule has 6 nitrogen and oxygen atoms in total. The Bertz CT molecular complexity index is 587. The number of hydrogen-bond donors (Lipinski definition) is 2. The number of nitrogens with zero attached hydrogens (tertiary/aromatic N) is 3. The van der Waals surface area contributed by atoms with E-state index in [0.717, 1.165) is 77.0 Å². The summed E-state index contributed by atoms with van der Waals surface area (Å²) in [5.41, 5.74) is 0.427. The van der Waals surface area contributed by atoms with E-state index in [1.165, 1.54) is 38.5 Å². The SMILES string of the molecule is CC(C)CCCC(CNCC(Br)CC(C)CCC(C)(C)C)N1CCN(C(O)OC2CCN(C)CC2)CC1. The van der Waals surface area contributed by atoms with Crippen LogP contribution in [0.2, 0.25) is 0 Å². The smallest absolute Gasteiger partial charge is 0.216 e. The molecule has 0 aliphatic carbocycles. The summed E-state index contributed by atoms with van der Waals surface area (Å²) in [7, 11) is 2.16. The zero-order valence-corrected chi connectivity index (χ0v) is 26.9. The van der Waals surface area contributed by atoms with Gasteiger partial charge in [0.2, 0.25) is 6.41 Å². The van der Waals surface area contributed by atoms with E-state index in [1.807, 2.05) is 0 Å². The molecule has 0 radical (unpaired) electrons. The van der Waals surface area contributed by atoms with Gasteiger partial charge in [-0.15, -0.1) is 0 Å². The van der Waals surface area contributed by atoms with Gasteiger partial charge in [0.05, 0.1) is 6.10 Å². The number of ether oxygens (including phenoxy) is 1. The molecule has 4 unspecified atom stereocenters. The molecule has 0 aromatic carbocycles. The average molecular weight is 590 g/mol. The zero-order valence-electron chi connectivity index (χ0n) is 25.4. The van der Waals surface area contributed by atoms with Crippen LogP contribution in [0.25, 0.3) is 0 Å². The third-order valence-corrected chi connectivity index (χ3v) is 8.96. The summed E-state index contributed by atoms with van der Waals surface area (Å²) in [5.74, 6) is 1.52. The van der Waals surface area contributed by atoms with Crippen molar-refractivity contribution in [3.8, 4) is 0 Å². The van der Waals surface area contributed by atoms with Crippen LogP contribution in [-0.2, 0) is 4.74 Å². The molecule has 220 valence electrons. The van der Waals surface area contributed by atoms with Crippen LogP contribution < -0.4 is 5.32 Å². The Morgan fingerprint density at radius 2 is 1.54 bits per heavy atom. The van der Waals surface area contributed by atoms with Crippen molar-refractivity contribution in [1.82, 2.24) is 20.0 Å². The Labute approximate surface area is 238 Å². The van der Waals surface area contributed by atoms with E-state index in [1.54, 1.807) is 0 Å². The molecule has 37 heavy (non-hydrogen) atoms. The third kappa shape index (κ3) is 14.4. The van der Waals surface area contributed by atoms with E-state index in [9.17, 15) is 5.11 Å². The number of halogens is 1. The number of aliphatic hydroxyl groups is 1. The number of hydrogen-bond acceptors (Lipinski definition) is 6. The summed E-state index contributed by atoms with van der Waals surface area (Å²) in [4.78, 5) is 7.65. The van der Waals surface area contributed by atoms with E-state index >= 15 is 0 Å². The van der Waals surface area contributed by atoms with Crippen LogP contribution in [0.4, 0.5) is 0 Å². The monoisotopic (exact) mass is 588 g/mol. The molecule has 0 saturated carbocycles. The summed E-state index contributed by atoms with van der Waals surface area (Å²) in [6.07, 6.45) is 9.11. The van der Waals surface area contributed by atoms with Crippen LogP contribution in [0, 0.1) is 17.3 Å². The van der Waals surface area contributed by atoms with Crippen LogP contribution in [-0.4, -0.2) is 103 Å². The Kier molecular flexibility index (Phi) is 15.5. The molecule has 2 aliphatic rings. The maximum Gasteiger partial charge on any atom is 0.216 e. The Morgan fingerprint density at radius 3 is 2.14 bits per heavy atom. The molecular formula is C30H61BrN4O2. The molecule has 0 aromatic heterocycles. The van der Waals surface area contributed by atoms with Gasteiger partial charge in [-0.1, -0.05) is 76.7 Å². The summed E-state index contributed by atoms with van der Waals surface area (Å²) in [6.45, 7) is 22.0. The first kappa shape index (κ1) is 33.4. The van der Waals surface area contributed by atoms with Gasteiger partial charge < -0.3 is 20.1 Å². The number of likely N-dealkylation sites (tertiary alicyclic amines) is 1. The van der Waals surface area contributed by atoms with Gasteiger partial charge in [-0.2, -0.15) is 0 Å². The Balaban J connectivity index is 1.75. The summed E-state index contributed by atoms with van der Waals surface area (Å²) >= 11 is 3.96. The molecule has 2 fully saturated rings. The Morgan fingerprint density at radius 1 is 0.919 bits per heavy atom. The highest BCUT2D eigenvalue weighted by Gasteiger charge is 2.29. The van der Waals surface area contributed by atoms with E-state index < -0.39 is 6.41 Å². The average Bonchev–Trinajstić information content (AvgIpc) is 2.82. The molecule has 2 aliphatic heterocycles. The van der Waals surface area contributed by atoms with Gasteiger partial charge in [0.25, 0.3) is 0 Å². The molecule has 0 bridgehead atoms. The topological polar surface area (TPSA) is 51.2 Å². The van der Waals surface area contributed by atoms with Crippen molar-refractivity contribution >= 4 is 15.9 Å². The molecule has 2 rings (SSSR count). The van der Waals surface area contributed by atoms with Crippen LogP contribution in [0.1, 0.15) is 92.9 Å². The number of aliphatic hydroxyl groups excluding tert-OH is 1. The van der Waals surface area contributed by atoms with E-state index in [4.69, 9.17) is 4.74 Å². The van der Waals surface area contributed by atoms with Crippen molar-refractivity contribution in [2.75, 3.05) is 59.4 Å². The predicted molar refractivity (Wildman–Crippen MR) is 161 cm³/mol. The molecule has 2 saturated heterocycles. The molecule has 0 aromatic rings. The molecule has 2 heterocycles. The zero-order chi connectivity index (χ0) is 27.4. The lowest BCUT2D eigenvalue weighted by Gasteiger charge is -2.42. The van der Waals surface area contributed by atoms with Gasteiger partial charge in [0.1, 0.15) is 0 Å². The quantitative estimate of drug-likeness (QED) is 0.186. The van der Waals surface area contributed by atoms with E-state index in [0.29, 0.717) is 16.3 Å². The molecular weight excluding hydrogens is 528 g/mol. The van der Waals surface area contributed by atoms with Gasteiger partial charge >= 0.3 is 0 Å². The molecule has 0 spiro atoms. The fourth-order valence-corrected chi connectivity index (χ4v) is 6.47. The van der Waals surface area contributed by atoms with Crippen molar-refractivity contribution in [2.45, 2.75) is 116 Å². The van der Waals surface area contributed by atoms with E-state index in [-0.39, 0.29) is 6.10 Å². The molecule has 2 N–H and O–H groups in total. The van der Waals surface area contributed by atoms with E-state index in [2.05, 4.69) is 84.5 Å². The minimum Gasteiger partial charge on any atom is -0.356 e. The third-order valence-electron chi connectivity index (χ3n) is 8.27. The highest BCUT2D eigenvalue weighted by atomic mass is 79.9. The van der Waals surface area contributed by atoms with Gasteiger partial charge in [-0.3, -0.25) is 9.80 Å². The second-order valence-corrected chi connectivity index (χ2v) is 15.0. The van der Waals surface area contributed by atoms with Crippen molar-refractivity contribution in [1.29, 1.82) is 0 Å². The van der Waals surface area contributed by atoms with Crippen molar-refractivity contribution in [3.05, 3.63) is 0 Å². The number of alkyl halides is 1. The maximum atomic E-state index is 10.7. The van der Waals surface area contributed by atoms with Crippen LogP contribution in [0.15, 0.2) is 0 Å². The largest absolute Gasteiger partial charge is 0.356 e. The van der Waals surface area contributed by atoms with Crippen molar-refractivity contribution < 1.29 is 9.84 Å².